The molecule has 20 heavy (non-hydrogen) atoms. The Hall–Kier alpha value is -1.71. The van der Waals surface area contributed by atoms with Gasteiger partial charge in [-0.3, -0.25) is 0 Å². The minimum absolute atomic E-state index is 0.380. The summed E-state index contributed by atoms with van der Waals surface area (Å²) in [4.78, 5) is 14.5. The number of carbonyl (C=O) groups is 1. The Morgan fingerprint density at radius 1 is 1.60 bits per heavy atom. The molecule has 5 nitrogen and oxygen atoms in total. The second-order valence-corrected chi connectivity index (χ2v) is 5.14. The van der Waals surface area contributed by atoms with Crippen LogP contribution in [-0.2, 0) is 14.3 Å². The van der Waals surface area contributed by atoms with Crippen molar-refractivity contribution < 1.29 is 14.3 Å². The first kappa shape index (κ1) is 14.7. The van der Waals surface area contributed by atoms with Crippen LogP contribution in [0.5, 0.6) is 0 Å². The van der Waals surface area contributed by atoms with Gasteiger partial charge in [-0.2, -0.15) is 5.26 Å². The van der Waals surface area contributed by atoms with Crippen LogP contribution in [0, 0.1) is 11.3 Å². The lowest BCUT2D eigenvalue weighted by molar-refractivity contribution is -0.154. The number of methoxy groups -OCH3 is 1. The van der Waals surface area contributed by atoms with Gasteiger partial charge < -0.3 is 14.4 Å². The van der Waals surface area contributed by atoms with Crippen molar-refractivity contribution in [2.75, 3.05) is 38.0 Å². The first-order chi connectivity index (χ1) is 9.71. The zero-order chi connectivity index (χ0) is 14.5. The van der Waals surface area contributed by atoms with E-state index in [-0.39, 0.29) is 5.97 Å². The number of nitrogens with zero attached hydrogens (tertiary/aromatic N) is 2. The van der Waals surface area contributed by atoms with E-state index in [1.807, 2.05) is 29.4 Å². The number of hydrogen-bond acceptors (Lipinski definition) is 6. The van der Waals surface area contributed by atoms with E-state index in [0.717, 1.165) is 10.6 Å². The van der Waals surface area contributed by atoms with Gasteiger partial charge in [0.05, 0.1) is 31.5 Å². The topological polar surface area (TPSA) is 62.6 Å². The van der Waals surface area contributed by atoms with Gasteiger partial charge in [-0.15, -0.1) is 11.8 Å². The molecule has 1 heterocycles. The molecule has 1 aromatic carbocycles. The molecule has 0 aromatic heterocycles. The van der Waals surface area contributed by atoms with Gasteiger partial charge in [-0.1, -0.05) is 6.07 Å². The standard InChI is InChI=1S/C14H16N2O3S/c1-18-14(17)12-9-16(6-7-19-12)11-4-3-5-13(20-2)10(11)8-15/h3-5,12H,6-7,9H2,1-2H3. The average molecular weight is 292 g/mol. The van der Waals surface area contributed by atoms with Crippen molar-refractivity contribution >= 4 is 23.4 Å². The van der Waals surface area contributed by atoms with Gasteiger partial charge in [0, 0.05) is 11.4 Å². The number of morpholine rings is 1. The molecule has 6 heteroatoms. The molecule has 1 atom stereocenters. The Labute approximate surface area is 122 Å². The lowest BCUT2D eigenvalue weighted by atomic mass is 10.1. The number of esters is 1. The van der Waals surface area contributed by atoms with E-state index in [9.17, 15) is 10.1 Å². The number of rotatable bonds is 3. The Morgan fingerprint density at radius 3 is 3.05 bits per heavy atom. The maximum absolute atomic E-state index is 11.6. The molecular formula is C14H16N2O3S. The van der Waals surface area contributed by atoms with Gasteiger partial charge in [-0.25, -0.2) is 4.79 Å². The van der Waals surface area contributed by atoms with Crippen LogP contribution in [-0.4, -0.2) is 45.1 Å². The van der Waals surface area contributed by atoms with E-state index in [1.54, 1.807) is 0 Å². The lowest BCUT2D eigenvalue weighted by Gasteiger charge is -2.33. The number of anilines is 1. The molecule has 1 unspecified atom stereocenters. The molecule has 0 saturated carbocycles. The predicted molar refractivity (Wildman–Crippen MR) is 76.9 cm³/mol. The molecule has 0 N–H and O–H groups in total. The number of ether oxygens (including phenoxy) is 2. The van der Waals surface area contributed by atoms with Crippen LogP contribution in [0.2, 0.25) is 0 Å². The minimum Gasteiger partial charge on any atom is -0.467 e. The van der Waals surface area contributed by atoms with E-state index in [4.69, 9.17) is 9.47 Å². The van der Waals surface area contributed by atoms with E-state index >= 15 is 0 Å². The summed E-state index contributed by atoms with van der Waals surface area (Å²) in [6, 6.07) is 7.99. The fraction of sp³-hybridized carbons (Fsp3) is 0.429. The van der Waals surface area contributed by atoms with Crippen LogP contribution in [0.4, 0.5) is 5.69 Å². The minimum atomic E-state index is -0.599. The monoisotopic (exact) mass is 292 g/mol. The zero-order valence-electron chi connectivity index (χ0n) is 11.5. The summed E-state index contributed by atoms with van der Waals surface area (Å²) in [5.74, 6) is -0.380. The van der Waals surface area contributed by atoms with Crippen LogP contribution < -0.4 is 4.90 Å². The van der Waals surface area contributed by atoms with Crippen LogP contribution in [0.15, 0.2) is 23.1 Å². The van der Waals surface area contributed by atoms with E-state index < -0.39 is 6.10 Å². The van der Waals surface area contributed by atoms with Gasteiger partial charge in [-0.05, 0) is 18.4 Å². The summed E-state index contributed by atoms with van der Waals surface area (Å²) < 4.78 is 10.1. The highest BCUT2D eigenvalue weighted by Gasteiger charge is 2.28. The third kappa shape index (κ3) is 2.89. The summed E-state index contributed by atoms with van der Waals surface area (Å²) in [5.41, 5.74) is 1.49. The first-order valence-electron chi connectivity index (χ1n) is 6.22. The molecule has 0 bridgehead atoms. The number of nitriles is 1. The van der Waals surface area contributed by atoms with Crippen molar-refractivity contribution in [3.8, 4) is 6.07 Å². The smallest absolute Gasteiger partial charge is 0.336 e. The zero-order valence-corrected chi connectivity index (χ0v) is 12.3. The fourth-order valence-corrected chi connectivity index (χ4v) is 2.78. The molecular weight excluding hydrogens is 276 g/mol. The van der Waals surface area contributed by atoms with Gasteiger partial charge in [0.15, 0.2) is 6.10 Å². The predicted octanol–water partition coefficient (Wildman–Crippen LogP) is 1.66. The quantitative estimate of drug-likeness (QED) is 0.623. The average Bonchev–Trinajstić information content (AvgIpc) is 2.53. The number of hydrogen-bond donors (Lipinski definition) is 0. The molecule has 0 amide bonds. The van der Waals surface area contributed by atoms with Crippen molar-refractivity contribution in [2.45, 2.75) is 11.0 Å². The Morgan fingerprint density at radius 2 is 2.40 bits per heavy atom. The molecule has 1 fully saturated rings. The van der Waals surface area contributed by atoms with E-state index in [2.05, 4.69) is 6.07 Å². The molecule has 1 saturated heterocycles. The summed E-state index contributed by atoms with van der Waals surface area (Å²) >= 11 is 1.54. The highest BCUT2D eigenvalue weighted by molar-refractivity contribution is 7.98. The summed E-state index contributed by atoms with van der Waals surface area (Å²) in [6.07, 6.45) is 1.34. The van der Waals surface area contributed by atoms with Crippen molar-refractivity contribution in [1.29, 1.82) is 5.26 Å². The molecule has 1 aromatic rings. The second kappa shape index (κ2) is 6.64. The third-order valence-electron chi connectivity index (χ3n) is 3.21. The lowest BCUT2D eigenvalue weighted by Crippen LogP contribution is -2.46. The van der Waals surface area contributed by atoms with Crippen LogP contribution >= 0.6 is 11.8 Å². The van der Waals surface area contributed by atoms with Gasteiger partial charge in [0.25, 0.3) is 0 Å². The van der Waals surface area contributed by atoms with Gasteiger partial charge >= 0.3 is 5.97 Å². The fourth-order valence-electron chi connectivity index (χ4n) is 2.21. The molecule has 0 radical (unpaired) electrons. The van der Waals surface area contributed by atoms with Crippen LogP contribution in [0.25, 0.3) is 0 Å². The van der Waals surface area contributed by atoms with Gasteiger partial charge in [0.1, 0.15) is 6.07 Å². The van der Waals surface area contributed by atoms with Crippen molar-refractivity contribution in [1.82, 2.24) is 0 Å². The number of thioether (sulfide) groups is 1. The van der Waals surface area contributed by atoms with E-state index in [1.165, 1.54) is 18.9 Å². The van der Waals surface area contributed by atoms with Crippen molar-refractivity contribution in [3.05, 3.63) is 23.8 Å². The molecule has 1 aliphatic heterocycles. The van der Waals surface area contributed by atoms with Crippen LogP contribution in [0.1, 0.15) is 5.56 Å². The highest BCUT2D eigenvalue weighted by Crippen LogP contribution is 2.30. The Kier molecular flexibility index (Phi) is 4.88. The van der Waals surface area contributed by atoms with E-state index in [0.29, 0.717) is 25.3 Å². The third-order valence-corrected chi connectivity index (χ3v) is 3.99. The maximum Gasteiger partial charge on any atom is 0.336 e. The normalized spacial score (nSPS) is 18.4. The van der Waals surface area contributed by atoms with Crippen LogP contribution in [0.3, 0.4) is 0 Å². The van der Waals surface area contributed by atoms with Gasteiger partial charge in [0.2, 0.25) is 0 Å². The molecule has 0 spiro atoms. The summed E-state index contributed by atoms with van der Waals surface area (Å²) in [7, 11) is 1.35. The second-order valence-electron chi connectivity index (χ2n) is 4.29. The van der Waals surface area contributed by atoms with Crippen molar-refractivity contribution in [2.24, 2.45) is 0 Å². The number of carbonyl (C=O) groups excluding carboxylic acids is 1. The number of benzene rings is 1. The Bertz CT molecular complexity index is 542. The van der Waals surface area contributed by atoms with Crippen molar-refractivity contribution in [3.63, 3.8) is 0 Å². The summed E-state index contributed by atoms with van der Waals surface area (Å²) in [6.45, 7) is 1.49. The highest BCUT2D eigenvalue weighted by atomic mass is 32.2. The largest absolute Gasteiger partial charge is 0.467 e. The Balaban J connectivity index is 2.28. The summed E-state index contributed by atoms with van der Waals surface area (Å²) in [5, 5.41) is 9.37. The molecule has 2 rings (SSSR count). The SMILES string of the molecule is COC(=O)C1CN(c2cccc(SC)c2C#N)CCO1. The molecule has 106 valence electrons. The first-order valence-corrected chi connectivity index (χ1v) is 7.45. The molecule has 0 aliphatic carbocycles. The maximum atomic E-state index is 11.6. The molecule has 1 aliphatic rings.